The maximum Gasteiger partial charge on any atom is 0.244 e. The van der Waals surface area contributed by atoms with E-state index in [4.69, 9.17) is 0 Å². The molecule has 2 heterocycles. The lowest BCUT2D eigenvalue weighted by molar-refractivity contribution is -0.115. The minimum Gasteiger partial charge on any atom is -0.301 e. The Balaban J connectivity index is 1.86. The van der Waals surface area contributed by atoms with Gasteiger partial charge >= 0.3 is 0 Å². The van der Waals surface area contributed by atoms with Gasteiger partial charge in [0.05, 0.1) is 0 Å². The van der Waals surface area contributed by atoms with Crippen LogP contribution in [0.2, 0.25) is 0 Å². The monoisotopic (exact) mass is 332 g/mol. The summed E-state index contributed by atoms with van der Waals surface area (Å²) in [5.41, 5.74) is 0.879. The van der Waals surface area contributed by atoms with Gasteiger partial charge in [-0.1, -0.05) is 42.1 Å². The quantitative estimate of drug-likeness (QED) is 0.721. The summed E-state index contributed by atoms with van der Waals surface area (Å²) in [6.45, 7) is 0. The van der Waals surface area contributed by atoms with E-state index in [-0.39, 0.29) is 5.91 Å². The number of anilines is 1. The largest absolute Gasteiger partial charge is 0.301 e. The van der Waals surface area contributed by atoms with Crippen LogP contribution in [0.25, 0.3) is 0 Å². The number of aryl methyl sites for hydroxylation is 1. The zero-order valence-electron chi connectivity index (χ0n) is 11.6. The SMILES string of the molecule is Cn1nnnc1SC(C(=O)Nc1nccs1)c1ccccc1. The standard InChI is InChI=1S/C13H12N6OS2/c1-19-13(16-17-18-19)22-10(9-5-3-2-4-6-9)11(20)15-12-14-7-8-21-12/h2-8,10H,1H3,(H,14,15,20). The van der Waals surface area contributed by atoms with Gasteiger partial charge in [0.1, 0.15) is 5.25 Å². The number of thiazole rings is 1. The van der Waals surface area contributed by atoms with E-state index in [9.17, 15) is 4.79 Å². The van der Waals surface area contributed by atoms with Crippen molar-refractivity contribution in [3.8, 4) is 0 Å². The van der Waals surface area contributed by atoms with E-state index in [0.29, 0.717) is 10.3 Å². The van der Waals surface area contributed by atoms with Crippen molar-refractivity contribution >= 4 is 34.1 Å². The van der Waals surface area contributed by atoms with E-state index in [0.717, 1.165) is 5.56 Å². The van der Waals surface area contributed by atoms with Crippen molar-refractivity contribution in [3.63, 3.8) is 0 Å². The zero-order chi connectivity index (χ0) is 15.4. The predicted octanol–water partition coefficient (Wildman–Crippen LogP) is 2.14. The van der Waals surface area contributed by atoms with E-state index < -0.39 is 5.25 Å². The highest BCUT2D eigenvalue weighted by Crippen LogP contribution is 2.34. The van der Waals surface area contributed by atoms with E-state index in [2.05, 4.69) is 25.8 Å². The van der Waals surface area contributed by atoms with Crippen LogP contribution in [0.3, 0.4) is 0 Å². The molecule has 0 spiro atoms. The molecule has 112 valence electrons. The van der Waals surface area contributed by atoms with Crippen molar-refractivity contribution < 1.29 is 4.79 Å². The Morgan fingerprint density at radius 1 is 1.36 bits per heavy atom. The van der Waals surface area contributed by atoms with Crippen LogP contribution in [0.1, 0.15) is 10.8 Å². The summed E-state index contributed by atoms with van der Waals surface area (Å²) in [7, 11) is 1.74. The molecule has 3 aromatic rings. The molecule has 7 nitrogen and oxygen atoms in total. The number of benzene rings is 1. The molecule has 2 aromatic heterocycles. The summed E-state index contributed by atoms with van der Waals surface area (Å²) >= 11 is 2.67. The van der Waals surface area contributed by atoms with Crippen LogP contribution in [0.4, 0.5) is 5.13 Å². The number of aromatic nitrogens is 5. The van der Waals surface area contributed by atoms with Crippen molar-refractivity contribution in [3.05, 3.63) is 47.5 Å². The molecule has 1 amide bonds. The highest BCUT2D eigenvalue weighted by molar-refractivity contribution is 8.00. The van der Waals surface area contributed by atoms with Gasteiger partial charge in [0.2, 0.25) is 11.1 Å². The van der Waals surface area contributed by atoms with Gasteiger partial charge < -0.3 is 5.32 Å². The lowest BCUT2D eigenvalue weighted by atomic mass is 10.1. The highest BCUT2D eigenvalue weighted by Gasteiger charge is 2.25. The van der Waals surface area contributed by atoms with Gasteiger partial charge in [0.25, 0.3) is 0 Å². The molecule has 3 rings (SSSR count). The molecule has 0 aliphatic heterocycles. The third kappa shape index (κ3) is 3.31. The molecule has 9 heteroatoms. The molecule has 22 heavy (non-hydrogen) atoms. The molecule has 1 N–H and O–H groups in total. The predicted molar refractivity (Wildman–Crippen MR) is 84.6 cm³/mol. The zero-order valence-corrected chi connectivity index (χ0v) is 13.2. The summed E-state index contributed by atoms with van der Waals surface area (Å²) in [6.07, 6.45) is 1.65. The fourth-order valence-corrected chi connectivity index (χ4v) is 3.26. The molecule has 0 saturated carbocycles. The number of hydrogen-bond acceptors (Lipinski definition) is 7. The van der Waals surface area contributed by atoms with Crippen LogP contribution in [-0.4, -0.2) is 31.1 Å². The van der Waals surface area contributed by atoms with Crippen LogP contribution < -0.4 is 5.32 Å². The van der Waals surface area contributed by atoms with Crippen LogP contribution in [0.5, 0.6) is 0 Å². The molecule has 0 aliphatic carbocycles. The summed E-state index contributed by atoms with van der Waals surface area (Å²) in [4.78, 5) is 16.7. The normalized spacial score (nSPS) is 12.0. The van der Waals surface area contributed by atoms with Crippen molar-refractivity contribution in [1.82, 2.24) is 25.2 Å². The average molecular weight is 332 g/mol. The number of amides is 1. The van der Waals surface area contributed by atoms with Crippen molar-refractivity contribution in [2.45, 2.75) is 10.4 Å². The Morgan fingerprint density at radius 3 is 2.82 bits per heavy atom. The topological polar surface area (TPSA) is 85.6 Å². The molecule has 1 unspecified atom stereocenters. The van der Waals surface area contributed by atoms with Gasteiger partial charge in [0.15, 0.2) is 5.13 Å². The maximum absolute atomic E-state index is 12.6. The van der Waals surface area contributed by atoms with Crippen LogP contribution in [0, 0.1) is 0 Å². The van der Waals surface area contributed by atoms with Crippen LogP contribution >= 0.6 is 23.1 Å². The number of hydrogen-bond donors (Lipinski definition) is 1. The minimum absolute atomic E-state index is 0.158. The lowest BCUT2D eigenvalue weighted by Crippen LogP contribution is -2.19. The first kappa shape index (κ1) is 14.7. The van der Waals surface area contributed by atoms with E-state index in [1.807, 2.05) is 35.7 Å². The molecule has 1 aromatic carbocycles. The first-order valence-corrected chi connectivity index (χ1v) is 8.14. The number of nitrogens with one attached hydrogen (secondary N) is 1. The Bertz CT molecular complexity index is 743. The van der Waals surface area contributed by atoms with Gasteiger partial charge in [-0.3, -0.25) is 4.79 Å². The third-order valence-corrected chi connectivity index (χ3v) is 4.77. The number of nitrogens with zero attached hydrogens (tertiary/aromatic N) is 5. The number of carbonyl (C=O) groups excluding carboxylic acids is 1. The number of carbonyl (C=O) groups is 1. The molecule has 0 bridgehead atoms. The van der Waals surface area contributed by atoms with Crippen LogP contribution in [0.15, 0.2) is 47.1 Å². The fraction of sp³-hybridized carbons (Fsp3) is 0.154. The number of thioether (sulfide) groups is 1. The smallest absolute Gasteiger partial charge is 0.244 e. The summed E-state index contributed by atoms with van der Waals surface area (Å²) in [5, 5.41) is 16.6. The molecular weight excluding hydrogens is 320 g/mol. The lowest BCUT2D eigenvalue weighted by Gasteiger charge is -2.14. The van der Waals surface area contributed by atoms with Crippen LogP contribution in [-0.2, 0) is 11.8 Å². The molecule has 0 saturated heterocycles. The third-order valence-electron chi connectivity index (χ3n) is 2.81. The van der Waals surface area contributed by atoms with Gasteiger partial charge in [0, 0.05) is 18.6 Å². The summed E-state index contributed by atoms with van der Waals surface area (Å²) < 4.78 is 1.54. The second-order valence-corrected chi connectivity index (χ2v) is 6.29. The maximum atomic E-state index is 12.6. The Morgan fingerprint density at radius 2 is 2.18 bits per heavy atom. The number of rotatable bonds is 5. The Kier molecular flexibility index (Phi) is 4.45. The van der Waals surface area contributed by atoms with E-state index in [1.165, 1.54) is 27.8 Å². The van der Waals surface area contributed by atoms with E-state index in [1.54, 1.807) is 13.2 Å². The fourth-order valence-electron chi connectivity index (χ4n) is 1.78. The van der Waals surface area contributed by atoms with Gasteiger partial charge in [-0.2, -0.15) is 0 Å². The molecule has 0 aliphatic rings. The van der Waals surface area contributed by atoms with Crippen molar-refractivity contribution in [2.24, 2.45) is 7.05 Å². The first-order valence-electron chi connectivity index (χ1n) is 6.38. The first-order chi connectivity index (χ1) is 10.7. The van der Waals surface area contributed by atoms with Gasteiger partial charge in [-0.05, 0) is 16.0 Å². The second kappa shape index (κ2) is 6.67. The van der Waals surface area contributed by atoms with E-state index >= 15 is 0 Å². The second-order valence-electron chi connectivity index (χ2n) is 4.32. The Labute approximate surface area is 134 Å². The van der Waals surface area contributed by atoms with Crippen molar-refractivity contribution in [1.29, 1.82) is 0 Å². The summed E-state index contributed by atoms with van der Waals surface area (Å²) in [6, 6.07) is 9.52. The Hall–Kier alpha value is -2.26. The molecule has 0 fully saturated rings. The molecule has 1 atom stereocenters. The van der Waals surface area contributed by atoms with Crippen molar-refractivity contribution in [2.75, 3.05) is 5.32 Å². The average Bonchev–Trinajstić information content (AvgIpc) is 3.17. The summed E-state index contributed by atoms with van der Waals surface area (Å²) in [5.74, 6) is -0.158. The minimum atomic E-state index is -0.463. The number of tetrazole rings is 1. The highest BCUT2D eigenvalue weighted by atomic mass is 32.2. The van der Waals surface area contributed by atoms with Gasteiger partial charge in [-0.25, -0.2) is 9.67 Å². The molecular formula is C13H12N6OS2. The molecule has 0 radical (unpaired) electrons. The van der Waals surface area contributed by atoms with Gasteiger partial charge in [-0.15, -0.1) is 16.4 Å².